The van der Waals surface area contributed by atoms with Crippen molar-refractivity contribution >= 4 is 18.0 Å². The highest BCUT2D eigenvalue weighted by Crippen LogP contribution is 2.34. The standard InChI is InChI=1S/C17H21NO3/c1-3-4-13-10-15(13)18-17(21)14-9-12(6-5-11(14)2)7-8-16(19)20/h5-9,13,15H,3-4,10H2,1-2H3,(H,18,21)(H,19,20)/b8-7+. The van der Waals surface area contributed by atoms with Crippen molar-refractivity contribution in [1.29, 1.82) is 0 Å². The first-order valence-corrected chi connectivity index (χ1v) is 7.33. The molecule has 1 amide bonds. The smallest absolute Gasteiger partial charge is 0.328 e. The van der Waals surface area contributed by atoms with Gasteiger partial charge >= 0.3 is 5.97 Å². The summed E-state index contributed by atoms with van der Waals surface area (Å²) in [7, 11) is 0. The van der Waals surface area contributed by atoms with Crippen LogP contribution in [0.25, 0.3) is 6.08 Å². The summed E-state index contributed by atoms with van der Waals surface area (Å²) in [5.41, 5.74) is 2.23. The van der Waals surface area contributed by atoms with E-state index in [4.69, 9.17) is 5.11 Å². The minimum Gasteiger partial charge on any atom is -0.478 e. The van der Waals surface area contributed by atoms with E-state index in [0.717, 1.165) is 30.9 Å². The minimum absolute atomic E-state index is 0.0679. The Bertz CT molecular complexity index is 577. The molecule has 0 spiro atoms. The molecule has 0 bridgehead atoms. The summed E-state index contributed by atoms with van der Waals surface area (Å²) < 4.78 is 0. The first-order valence-electron chi connectivity index (χ1n) is 7.33. The van der Waals surface area contributed by atoms with Gasteiger partial charge in [-0.15, -0.1) is 0 Å². The monoisotopic (exact) mass is 287 g/mol. The number of carbonyl (C=O) groups excluding carboxylic acids is 1. The second kappa shape index (κ2) is 6.57. The molecule has 21 heavy (non-hydrogen) atoms. The lowest BCUT2D eigenvalue weighted by Crippen LogP contribution is -2.27. The Kier molecular flexibility index (Phi) is 4.78. The maximum Gasteiger partial charge on any atom is 0.328 e. The summed E-state index contributed by atoms with van der Waals surface area (Å²) in [4.78, 5) is 22.8. The molecule has 1 saturated carbocycles. The summed E-state index contributed by atoms with van der Waals surface area (Å²) in [5.74, 6) is -0.446. The maximum absolute atomic E-state index is 12.3. The SMILES string of the molecule is CCCC1CC1NC(=O)c1cc(/C=C/C(=O)O)ccc1C. The topological polar surface area (TPSA) is 66.4 Å². The molecule has 1 aromatic rings. The van der Waals surface area contributed by atoms with Gasteiger partial charge in [0.2, 0.25) is 0 Å². The van der Waals surface area contributed by atoms with Crippen LogP contribution < -0.4 is 5.32 Å². The van der Waals surface area contributed by atoms with Crippen LogP contribution in [0.3, 0.4) is 0 Å². The quantitative estimate of drug-likeness (QED) is 0.790. The molecule has 1 aliphatic carbocycles. The number of amides is 1. The van der Waals surface area contributed by atoms with Crippen LogP contribution in [0.15, 0.2) is 24.3 Å². The number of benzene rings is 1. The van der Waals surface area contributed by atoms with Gasteiger partial charge in [-0.2, -0.15) is 0 Å². The largest absolute Gasteiger partial charge is 0.478 e. The zero-order valence-electron chi connectivity index (χ0n) is 12.4. The first kappa shape index (κ1) is 15.3. The summed E-state index contributed by atoms with van der Waals surface area (Å²) >= 11 is 0. The second-order valence-electron chi connectivity index (χ2n) is 5.61. The lowest BCUT2D eigenvalue weighted by molar-refractivity contribution is -0.131. The zero-order chi connectivity index (χ0) is 15.4. The molecule has 4 nitrogen and oxygen atoms in total. The first-order chi connectivity index (χ1) is 10.0. The number of hydrogen-bond acceptors (Lipinski definition) is 2. The molecular weight excluding hydrogens is 266 g/mol. The molecule has 1 aliphatic rings. The zero-order valence-corrected chi connectivity index (χ0v) is 12.4. The number of aliphatic carboxylic acids is 1. The van der Waals surface area contributed by atoms with Crippen LogP contribution in [0.5, 0.6) is 0 Å². The van der Waals surface area contributed by atoms with E-state index in [1.807, 2.05) is 19.1 Å². The number of aryl methyl sites for hydroxylation is 1. The molecule has 1 aromatic carbocycles. The average Bonchev–Trinajstić information content (AvgIpc) is 3.16. The molecule has 2 rings (SSSR count). The van der Waals surface area contributed by atoms with Crippen molar-refractivity contribution in [3.05, 3.63) is 41.0 Å². The fraction of sp³-hybridized carbons (Fsp3) is 0.412. The van der Waals surface area contributed by atoms with Gasteiger partial charge in [-0.25, -0.2) is 4.79 Å². The van der Waals surface area contributed by atoms with E-state index in [-0.39, 0.29) is 5.91 Å². The normalized spacial score (nSPS) is 20.5. The molecule has 112 valence electrons. The molecule has 2 N–H and O–H groups in total. The van der Waals surface area contributed by atoms with Crippen LogP contribution >= 0.6 is 0 Å². The van der Waals surface area contributed by atoms with Gasteiger partial charge in [0, 0.05) is 17.7 Å². The molecule has 0 radical (unpaired) electrons. The van der Waals surface area contributed by atoms with Gasteiger partial charge < -0.3 is 10.4 Å². The molecule has 0 saturated heterocycles. The van der Waals surface area contributed by atoms with Crippen molar-refractivity contribution in [2.75, 3.05) is 0 Å². The van der Waals surface area contributed by atoms with Gasteiger partial charge in [-0.3, -0.25) is 4.79 Å². The summed E-state index contributed by atoms with van der Waals surface area (Å²) in [5, 5.41) is 11.7. The Morgan fingerprint density at radius 3 is 2.86 bits per heavy atom. The Balaban J connectivity index is 2.06. The summed E-state index contributed by atoms with van der Waals surface area (Å²) in [6.45, 7) is 4.04. The second-order valence-corrected chi connectivity index (χ2v) is 5.61. The van der Waals surface area contributed by atoms with Crippen molar-refractivity contribution in [1.82, 2.24) is 5.32 Å². The predicted octanol–water partition coefficient (Wildman–Crippen LogP) is 3.01. The van der Waals surface area contributed by atoms with E-state index >= 15 is 0 Å². The molecular formula is C17H21NO3. The number of carboxylic acids is 1. The number of hydrogen-bond donors (Lipinski definition) is 2. The highest BCUT2D eigenvalue weighted by molar-refractivity contribution is 5.97. The predicted molar refractivity (Wildman–Crippen MR) is 82.1 cm³/mol. The number of carboxylic acid groups (broad SMARTS) is 1. The van der Waals surface area contributed by atoms with Gasteiger partial charge in [0.25, 0.3) is 5.91 Å². The van der Waals surface area contributed by atoms with Crippen molar-refractivity contribution in [2.24, 2.45) is 5.92 Å². The van der Waals surface area contributed by atoms with Crippen molar-refractivity contribution in [3.63, 3.8) is 0 Å². The average molecular weight is 287 g/mol. The summed E-state index contributed by atoms with van der Waals surface area (Å²) in [6, 6.07) is 5.69. The van der Waals surface area contributed by atoms with E-state index in [0.29, 0.717) is 23.1 Å². The molecule has 2 unspecified atom stereocenters. The highest BCUT2D eigenvalue weighted by Gasteiger charge is 2.37. The molecule has 0 heterocycles. The third-order valence-corrected chi connectivity index (χ3v) is 3.82. The van der Waals surface area contributed by atoms with Gasteiger partial charge in [-0.1, -0.05) is 25.5 Å². The van der Waals surface area contributed by atoms with E-state index in [1.54, 1.807) is 6.07 Å². The number of nitrogens with one attached hydrogen (secondary N) is 1. The summed E-state index contributed by atoms with van der Waals surface area (Å²) in [6.07, 6.45) is 5.94. The molecule has 2 atom stereocenters. The minimum atomic E-state index is -0.998. The van der Waals surface area contributed by atoms with Crippen molar-refractivity contribution in [3.8, 4) is 0 Å². The van der Waals surface area contributed by atoms with Crippen LogP contribution in [0.1, 0.15) is 47.7 Å². The van der Waals surface area contributed by atoms with Gasteiger partial charge in [0.05, 0.1) is 0 Å². The van der Waals surface area contributed by atoms with E-state index in [2.05, 4.69) is 12.2 Å². The van der Waals surface area contributed by atoms with Gasteiger partial charge in [0.1, 0.15) is 0 Å². The third kappa shape index (κ3) is 4.18. The van der Waals surface area contributed by atoms with Crippen molar-refractivity contribution < 1.29 is 14.7 Å². The molecule has 0 aromatic heterocycles. The lowest BCUT2D eigenvalue weighted by Gasteiger charge is -2.08. The Morgan fingerprint density at radius 2 is 2.19 bits per heavy atom. The fourth-order valence-electron chi connectivity index (χ4n) is 2.52. The van der Waals surface area contributed by atoms with Crippen LogP contribution in [0, 0.1) is 12.8 Å². The fourth-order valence-corrected chi connectivity index (χ4v) is 2.52. The van der Waals surface area contributed by atoms with E-state index in [9.17, 15) is 9.59 Å². The van der Waals surface area contributed by atoms with Crippen LogP contribution in [0.4, 0.5) is 0 Å². The molecule has 0 aliphatic heterocycles. The maximum atomic E-state index is 12.3. The Morgan fingerprint density at radius 1 is 1.43 bits per heavy atom. The Labute approximate surface area is 124 Å². The number of carbonyl (C=O) groups is 2. The van der Waals surface area contributed by atoms with Crippen LogP contribution in [0.2, 0.25) is 0 Å². The van der Waals surface area contributed by atoms with Crippen LogP contribution in [-0.2, 0) is 4.79 Å². The Hall–Kier alpha value is -2.10. The van der Waals surface area contributed by atoms with Crippen LogP contribution in [-0.4, -0.2) is 23.0 Å². The molecule has 1 fully saturated rings. The van der Waals surface area contributed by atoms with E-state index in [1.165, 1.54) is 6.08 Å². The lowest BCUT2D eigenvalue weighted by atomic mass is 10.0. The third-order valence-electron chi connectivity index (χ3n) is 3.82. The molecule has 4 heteroatoms. The van der Waals surface area contributed by atoms with Gasteiger partial charge in [-0.05, 0) is 49.0 Å². The van der Waals surface area contributed by atoms with Gasteiger partial charge in [0.15, 0.2) is 0 Å². The highest BCUT2D eigenvalue weighted by atomic mass is 16.4. The number of rotatable bonds is 6. The van der Waals surface area contributed by atoms with Crippen molar-refractivity contribution in [2.45, 2.75) is 39.2 Å². The van der Waals surface area contributed by atoms with E-state index < -0.39 is 5.97 Å².